The predicted molar refractivity (Wildman–Crippen MR) is 103 cm³/mol. The quantitative estimate of drug-likeness (QED) is 0.589. The third-order valence-electron chi connectivity index (χ3n) is 3.89. The molecule has 0 aliphatic carbocycles. The van der Waals surface area contributed by atoms with E-state index < -0.39 is 0 Å². The number of benzene rings is 1. The fourth-order valence-electron chi connectivity index (χ4n) is 2.46. The molecule has 0 aliphatic heterocycles. The first-order valence-corrected chi connectivity index (χ1v) is 8.79. The third kappa shape index (κ3) is 7.65. The van der Waals surface area contributed by atoms with Crippen molar-refractivity contribution in [3.8, 4) is 17.2 Å². The predicted octanol–water partition coefficient (Wildman–Crippen LogP) is 4.70. The summed E-state index contributed by atoms with van der Waals surface area (Å²) in [5.41, 5.74) is 3.71. The van der Waals surface area contributed by atoms with Crippen molar-refractivity contribution in [1.29, 1.82) is 0 Å². The summed E-state index contributed by atoms with van der Waals surface area (Å²) in [5.74, 6) is 1.93. The maximum Gasteiger partial charge on any atom is 0.203 e. The molecule has 0 aliphatic rings. The van der Waals surface area contributed by atoms with Gasteiger partial charge in [0.25, 0.3) is 0 Å². The van der Waals surface area contributed by atoms with Gasteiger partial charge in [-0.05, 0) is 70.2 Å². The van der Waals surface area contributed by atoms with Gasteiger partial charge in [0.05, 0.1) is 14.2 Å². The Morgan fingerprint density at radius 3 is 2.20 bits per heavy atom. The van der Waals surface area contributed by atoms with E-state index in [0.717, 1.165) is 24.8 Å². The van der Waals surface area contributed by atoms with Gasteiger partial charge in [-0.1, -0.05) is 17.2 Å². The van der Waals surface area contributed by atoms with Gasteiger partial charge in [0.1, 0.15) is 6.61 Å². The zero-order valence-electron chi connectivity index (χ0n) is 16.2. The molecule has 0 saturated heterocycles. The highest BCUT2D eigenvalue weighted by Crippen LogP contribution is 2.38. The maximum atomic E-state index is 9.00. The highest BCUT2D eigenvalue weighted by atomic mass is 16.5. The van der Waals surface area contributed by atoms with E-state index >= 15 is 0 Å². The second-order valence-electron chi connectivity index (χ2n) is 6.34. The van der Waals surface area contributed by atoms with Crippen molar-refractivity contribution < 1.29 is 19.3 Å². The van der Waals surface area contributed by atoms with E-state index in [4.69, 9.17) is 19.3 Å². The second kappa shape index (κ2) is 11.6. The molecule has 0 atom stereocenters. The summed E-state index contributed by atoms with van der Waals surface area (Å²) in [4.78, 5) is 0. The van der Waals surface area contributed by atoms with E-state index in [-0.39, 0.29) is 6.61 Å². The fraction of sp³-hybridized carbons (Fsp3) is 0.524. The number of methoxy groups -OCH3 is 2. The molecule has 0 spiro atoms. The zero-order valence-corrected chi connectivity index (χ0v) is 16.2. The molecule has 0 amide bonds. The van der Waals surface area contributed by atoms with Gasteiger partial charge in [0, 0.05) is 6.61 Å². The number of aliphatic hydroxyl groups excluding tert-OH is 1. The molecular formula is C21H32O4. The van der Waals surface area contributed by atoms with Gasteiger partial charge < -0.3 is 19.3 Å². The molecule has 4 heteroatoms. The molecule has 4 nitrogen and oxygen atoms in total. The van der Waals surface area contributed by atoms with Crippen LogP contribution in [0.5, 0.6) is 17.2 Å². The van der Waals surface area contributed by atoms with Crippen LogP contribution in [-0.2, 0) is 6.42 Å². The van der Waals surface area contributed by atoms with Gasteiger partial charge in [0.15, 0.2) is 11.5 Å². The van der Waals surface area contributed by atoms with Crippen LogP contribution in [0.2, 0.25) is 0 Å². The second-order valence-corrected chi connectivity index (χ2v) is 6.34. The van der Waals surface area contributed by atoms with Crippen LogP contribution < -0.4 is 14.2 Å². The van der Waals surface area contributed by atoms with Crippen molar-refractivity contribution in [3.63, 3.8) is 0 Å². The number of rotatable bonds is 11. The van der Waals surface area contributed by atoms with Crippen LogP contribution in [0.1, 0.15) is 45.6 Å². The first-order valence-electron chi connectivity index (χ1n) is 8.79. The standard InChI is InChI=1S/C21H32O4/c1-16(2)8-6-9-17(3)11-13-25-21-19(23-4)14-18(10-7-12-22)15-20(21)24-5/h8,11,14-15,22H,6-7,9-10,12-13H2,1-5H3/b17-11+. The van der Waals surface area contributed by atoms with Crippen molar-refractivity contribution in [3.05, 3.63) is 41.0 Å². The molecule has 0 saturated carbocycles. The van der Waals surface area contributed by atoms with Gasteiger partial charge in [0.2, 0.25) is 5.75 Å². The lowest BCUT2D eigenvalue weighted by Crippen LogP contribution is -2.02. The molecular weight excluding hydrogens is 316 g/mol. The molecule has 1 N–H and O–H groups in total. The summed E-state index contributed by atoms with van der Waals surface area (Å²) in [5, 5.41) is 9.00. The van der Waals surface area contributed by atoms with Crippen LogP contribution in [-0.4, -0.2) is 32.5 Å². The van der Waals surface area contributed by atoms with Crippen LogP contribution >= 0.6 is 0 Å². The first kappa shape index (κ1) is 21.1. The van der Waals surface area contributed by atoms with Crippen LogP contribution in [0.25, 0.3) is 0 Å². The molecule has 1 rings (SSSR count). The number of hydrogen-bond donors (Lipinski definition) is 1. The third-order valence-corrected chi connectivity index (χ3v) is 3.89. The first-order chi connectivity index (χ1) is 12.0. The topological polar surface area (TPSA) is 47.9 Å². The lowest BCUT2D eigenvalue weighted by molar-refractivity contribution is 0.287. The smallest absolute Gasteiger partial charge is 0.203 e. The summed E-state index contributed by atoms with van der Waals surface area (Å²) >= 11 is 0. The normalized spacial score (nSPS) is 11.2. The average molecular weight is 348 g/mol. The van der Waals surface area contributed by atoms with E-state index in [1.807, 2.05) is 12.1 Å². The average Bonchev–Trinajstić information content (AvgIpc) is 2.59. The summed E-state index contributed by atoms with van der Waals surface area (Å²) in [6.45, 7) is 6.99. The monoisotopic (exact) mass is 348 g/mol. The van der Waals surface area contributed by atoms with Crippen molar-refractivity contribution in [2.75, 3.05) is 27.4 Å². The van der Waals surface area contributed by atoms with E-state index in [2.05, 4.69) is 32.9 Å². The van der Waals surface area contributed by atoms with Crippen LogP contribution in [0.3, 0.4) is 0 Å². The van der Waals surface area contributed by atoms with Crippen LogP contribution in [0.15, 0.2) is 35.4 Å². The number of aliphatic hydroxyl groups is 1. The molecule has 140 valence electrons. The fourth-order valence-corrected chi connectivity index (χ4v) is 2.46. The van der Waals surface area contributed by atoms with Gasteiger partial charge in [-0.15, -0.1) is 0 Å². The highest BCUT2D eigenvalue weighted by Gasteiger charge is 2.13. The molecule has 0 heterocycles. The van der Waals surface area contributed by atoms with Crippen molar-refractivity contribution >= 4 is 0 Å². The molecule has 25 heavy (non-hydrogen) atoms. The SMILES string of the molecule is COc1cc(CCCO)cc(OC)c1OC/C=C(\C)CCC=C(C)C. The number of hydrogen-bond acceptors (Lipinski definition) is 4. The highest BCUT2D eigenvalue weighted by molar-refractivity contribution is 5.54. The van der Waals surface area contributed by atoms with Crippen molar-refractivity contribution in [2.45, 2.75) is 46.5 Å². The summed E-state index contributed by atoms with van der Waals surface area (Å²) < 4.78 is 16.8. The minimum atomic E-state index is 0.166. The lowest BCUT2D eigenvalue weighted by Gasteiger charge is -2.15. The van der Waals surface area contributed by atoms with Crippen molar-refractivity contribution in [1.82, 2.24) is 0 Å². The van der Waals surface area contributed by atoms with E-state index in [1.54, 1.807) is 14.2 Å². The van der Waals surface area contributed by atoms with E-state index in [9.17, 15) is 0 Å². The lowest BCUT2D eigenvalue weighted by atomic mass is 10.1. The number of allylic oxidation sites excluding steroid dienone is 3. The van der Waals surface area contributed by atoms with Crippen LogP contribution in [0, 0.1) is 0 Å². The summed E-state index contributed by atoms with van der Waals surface area (Å²) in [6, 6.07) is 3.89. The Morgan fingerprint density at radius 1 is 1.04 bits per heavy atom. The summed E-state index contributed by atoms with van der Waals surface area (Å²) in [7, 11) is 3.25. The molecule has 0 aromatic heterocycles. The maximum absolute atomic E-state index is 9.00. The Hall–Kier alpha value is -1.94. The largest absolute Gasteiger partial charge is 0.493 e. The molecule has 0 fully saturated rings. The van der Waals surface area contributed by atoms with Gasteiger partial charge in [-0.2, -0.15) is 0 Å². The summed E-state index contributed by atoms with van der Waals surface area (Å²) in [6.07, 6.45) is 7.90. The Morgan fingerprint density at radius 2 is 1.68 bits per heavy atom. The van der Waals surface area contributed by atoms with Crippen molar-refractivity contribution in [2.24, 2.45) is 0 Å². The number of aryl methyl sites for hydroxylation is 1. The Kier molecular flexibility index (Phi) is 9.78. The van der Waals surface area contributed by atoms with Gasteiger partial charge in [-0.25, -0.2) is 0 Å². The van der Waals surface area contributed by atoms with Crippen LogP contribution in [0.4, 0.5) is 0 Å². The number of ether oxygens (including phenoxy) is 3. The molecule has 1 aromatic carbocycles. The van der Waals surface area contributed by atoms with E-state index in [1.165, 1.54) is 11.1 Å². The van der Waals surface area contributed by atoms with Gasteiger partial charge >= 0.3 is 0 Å². The Bertz CT molecular complexity index is 559. The molecule has 0 bridgehead atoms. The Balaban J connectivity index is 2.77. The minimum absolute atomic E-state index is 0.166. The van der Waals surface area contributed by atoms with Gasteiger partial charge in [-0.3, -0.25) is 0 Å². The molecule has 0 unspecified atom stereocenters. The molecule has 0 radical (unpaired) electrons. The van der Waals surface area contributed by atoms with E-state index in [0.29, 0.717) is 30.3 Å². The zero-order chi connectivity index (χ0) is 18.7. The Labute approximate surface area is 152 Å². The minimum Gasteiger partial charge on any atom is -0.493 e. The molecule has 1 aromatic rings.